The van der Waals surface area contributed by atoms with Crippen molar-refractivity contribution in [3.63, 3.8) is 0 Å². The summed E-state index contributed by atoms with van der Waals surface area (Å²) in [7, 11) is 1.96. The first-order valence-corrected chi connectivity index (χ1v) is 5.90. The number of halogens is 2. The van der Waals surface area contributed by atoms with Crippen LogP contribution in [-0.4, -0.2) is 0 Å². The number of aryl methyl sites for hydroxylation is 1. The molecule has 3 rings (SSSR count). The van der Waals surface area contributed by atoms with Crippen LogP contribution >= 0.6 is 0 Å². The Morgan fingerprint density at radius 2 is 1.53 bits per heavy atom. The lowest BCUT2D eigenvalue weighted by Crippen LogP contribution is -3.00. The number of benzene rings is 2. The van der Waals surface area contributed by atoms with Gasteiger partial charge in [0.2, 0.25) is 11.2 Å². The van der Waals surface area contributed by atoms with Gasteiger partial charge >= 0.3 is 0 Å². The molecular weight excluding hydrogens is 352 g/mol. The van der Waals surface area contributed by atoms with Crippen molar-refractivity contribution in [3.8, 4) is 11.3 Å². The Morgan fingerprint density at radius 3 is 2.32 bits per heavy atom. The van der Waals surface area contributed by atoms with Crippen molar-refractivity contribution in [2.24, 2.45) is 7.05 Å². The van der Waals surface area contributed by atoms with E-state index < -0.39 is 0 Å². The number of hydrogen-bond acceptors (Lipinski definition) is 0. The standard InChI is InChI=1S/C16H13FN.HI/c1-18-15-9-5-2-6-12(15)10-11-16(18)13-7-3-4-8-14(13)17;/h2-11H,1H3;1H/q+1;/p-1. The van der Waals surface area contributed by atoms with Gasteiger partial charge in [-0.1, -0.05) is 24.3 Å². The molecule has 1 nitrogen and oxygen atoms in total. The maximum atomic E-state index is 13.8. The Balaban J connectivity index is 0.00000133. The molecule has 0 saturated heterocycles. The van der Waals surface area contributed by atoms with Gasteiger partial charge in [0.15, 0.2) is 0 Å². The molecule has 0 fully saturated rings. The highest BCUT2D eigenvalue weighted by molar-refractivity contribution is 5.77. The van der Waals surface area contributed by atoms with Gasteiger partial charge in [-0.05, 0) is 24.3 Å². The Morgan fingerprint density at radius 1 is 0.842 bits per heavy atom. The fourth-order valence-corrected chi connectivity index (χ4v) is 2.28. The fourth-order valence-electron chi connectivity index (χ4n) is 2.28. The molecule has 0 N–H and O–H groups in total. The van der Waals surface area contributed by atoms with Crippen LogP contribution in [0.3, 0.4) is 0 Å². The lowest BCUT2D eigenvalue weighted by atomic mass is 10.1. The number of aromatic nitrogens is 1. The molecule has 0 bridgehead atoms. The molecule has 2 aromatic carbocycles. The molecule has 0 radical (unpaired) electrons. The zero-order valence-corrected chi connectivity index (χ0v) is 12.6. The van der Waals surface area contributed by atoms with E-state index in [-0.39, 0.29) is 29.8 Å². The number of nitrogens with zero attached hydrogens (tertiary/aromatic N) is 1. The molecular formula is C16H13FIN. The largest absolute Gasteiger partial charge is 1.00 e. The molecule has 19 heavy (non-hydrogen) atoms. The van der Waals surface area contributed by atoms with Gasteiger partial charge < -0.3 is 24.0 Å². The molecule has 3 heteroatoms. The van der Waals surface area contributed by atoms with Gasteiger partial charge in [-0.25, -0.2) is 4.39 Å². The minimum atomic E-state index is -0.191. The van der Waals surface area contributed by atoms with Gasteiger partial charge in [0.25, 0.3) is 0 Å². The van der Waals surface area contributed by atoms with Crippen molar-refractivity contribution in [1.82, 2.24) is 0 Å². The van der Waals surface area contributed by atoms with E-state index >= 15 is 0 Å². The second-order valence-electron chi connectivity index (χ2n) is 4.32. The molecule has 1 heterocycles. The molecule has 96 valence electrons. The van der Waals surface area contributed by atoms with E-state index in [1.165, 1.54) is 6.07 Å². The lowest BCUT2D eigenvalue weighted by molar-refractivity contribution is -0.633. The summed E-state index contributed by atoms with van der Waals surface area (Å²) >= 11 is 0. The van der Waals surface area contributed by atoms with E-state index in [0.29, 0.717) is 5.56 Å². The van der Waals surface area contributed by atoms with Crippen molar-refractivity contribution in [1.29, 1.82) is 0 Å². The van der Waals surface area contributed by atoms with E-state index in [0.717, 1.165) is 16.6 Å². The van der Waals surface area contributed by atoms with Crippen LogP contribution in [0.15, 0.2) is 60.7 Å². The highest BCUT2D eigenvalue weighted by atomic mass is 127. The third kappa shape index (κ3) is 2.47. The quantitative estimate of drug-likeness (QED) is 0.436. The molecule has 0 aliphatic heterocycles. The molecule has 0 atom stereocenters. The summed E-state index contributed by atoms with van der Waals surface area (Å²) in [5.41, 5.74) is 2.61. The summed E-state index contributed by atoms with van der Waals surface area (Å²) < 4.78 is 15.9. The first-order chi connectivity index (χ1) is 8.77. The molecule has 0 aliphatic carbocycles. The Hall–Kier alpha value is -1.49. The molecule has 1 aromatic heterocycles. The molecule has 0 amide bonds. The van der Waals surface area contributed by atoms with Crippen LogP contribution in [0.25, 0.3) is 22.2 Å². The molecule has 0 saturated carbocycles. The van der Waals surface area contributed by atoms with Crippen molar-refractivity contribution < 1.29 is 32.9 Å². The minimum Gasteiger partial charge on any atom is -1.00 e. The van der Waals surface area contributed by atoms with Crippen LogP contribution in [0.4, 0.5) is 4.39 Å². The maximum absolute atomic E-state index is 13.8. The van der Waals surface area contributed by atoms with E-state index in [4.69, 9.17) is 0 Å². The summed E-state index contributed by atoms with van der Waals surface area (Å²) in [6, 6.07) is 18.9. The van der Waals surface area contributed by atoms with Gasteiger partial charge in [-0.2, -0.15) is 4.57 Å². The van der Waals surface area contributed by atoms with Gasteiger partial charge in [-0.15, -0.1) is 0 Å². The number of hydrogen-bond donors (Lipinski definition) is 0. The Kier molecular flexibility index (Phi) is 4.14. The summed E-state index contributed by atoms with van der Waals surface area (Å²) in [5, 5.41) is 1.15. The van der Waals surface area contributed by atoms with Crippen LogP contribution < -0.4 is 28.5 Å². The Labute approximate surface area is 128 Å². The average Bonchev–Trinajstić information content (AvgIpc) is 2.41. The number of fused-ring (bicyclic) bond motifs is 1. The third-order valence-corrected chi connectivity index (χ3v) is 3.23. The predicted octanol–water partition coefficient (Wildman–Crippen LogP) is 0.474. The van der Waals surface area contributed by atoms with E-state index in [1.807, 2.05) is 48.0 Å². The molecule has 0 unspecified atom stereocenters. The molecule has 0 spiro atoms. The highest BCUT2D eigenvalue weighted by Crippen LogP contribution is 2.21. The molecule has 3 aromatic rings. The van der Waals surface area contributed by atoms with Crippen LogP contribution in [0, 0.1) is 5.82 Å². The second kappa shape index (κ2) is 5.65. The zero-order chi connectivity index (χ0) is 12.5. The zero-order valence-electron chi connectivity index (χ0n) is 10.5. The SMILES string of the molecule is C[n+]1c(-c2ccccc2F)ccc2ccccc21.[I-]. The predicted molar refractivity (Wildman–Crippen MR) is 70.5 cm³/mol. The van der Waals surface area contributed by atoms with Crippen molar-refractivity contribution in [2.75, 3.05) is 0 Å². The molecule has 0 aliphatic rings. The topological polar surface area (TPSA) is 3.88 Å². The average molecular weight is 365 g/mol. The van der Waals surface area contributed by atoms with Crippen LogP contribution in [0.2, 0.25) is 0 Å². The van der Waals surface area contributed by atoms with Crippen molar-refractivity contribution in [2.45, 2.75) is 0 Å². The van der Waals surface area contributed by atoms with Gasteiger partial charge in [0.1, 0.15) is 12.9 Å². The monoisotopic (exact) mass is 365 g/mol. The van der Waals surface area contributed by atoms with Crippen LogP contribution in [-0.2, 0) is 7.05 Å². The lowest BCUT2D eigenvalue weighted by Gasteiger charge is -2.04. The first-order valence-electron chi connectivity index (χ1n) is 5.90. The summed E-state index contributed by atoms with van der Waals surface area (Å²) in [6.45, 7) is 0. The maximum Gasteiger partial charge on any atom is 0.215 e. The van der Waals surface area contributed by atoms with Crippen LogP contribution in [0.1, 0.15) is 0 Å². The number of pyridine rings is 1. The summed E-state index contributed by atoms with van der Waals surface area (Å²) in [6.07, 6.45) is 0. The summed E-state index contributed by atoms with van der Waals surface area (Å²) in [4.78, 5) is 0. The number of rotatable bonds is 1. The van der Waals surface area contributed by atoms with Crippen molar-refractivity contribution >= 4 is 10.9 Å². The fraction of sp³-hybridized carbons (Fsp3) is 0.0625. The second-order valence-corrected chi connectivity index (χ2v) is 4.32. The number of para-hydroxylation sites is 1. The summed E-state index contributed by atoms with van der Waals surface area (Å²) in [5.74, 6) is -0.191. The van der Waals surface area contributed by atoms with Crippen molar-refractivity contribution in [3.05, 3.63) is 66.5 Å². The van der Waals surface area contributed by atoms with E-state index in [2.05, 4.69) is 6.07 Å². The first kappa shape index (κ1) is 13.9. The van der Waals surface area contributed by atoms with E-state index in [1.54, 1.807) is 12.1 Å². The normalized spacial score (nSPS) is 10.2. The van der Waals surface area contributed by atoms with E-state index in [9.17, 15) is 4.39 Å². The third-order valence-electron chi connectivity index (χ3n) is 3.23. The highest BCUT2D eigenvalue weighted by Gasteiger charge is 2.16. The minimum absolute atomic E-state index is 0. The van der Waals surface area contributed by atoms with Gasteiger partial charge in [0.05, 0.1) is 5.56 Å². The van der Waals surface area contributed by atoms with Gasteiger partial charge in [0, 0.05) is 17.5 Å². The smallest absolute Gasteiger partial charge is 0.215 e. The van der Waals surface area contributed by atoms with Crippen LogP contribution in [0.5, 0.6) is 0 Å². The Bertz CT molecular complexity index is 725. The van der Waals surface area contributed by atoms with Gasteiger partial charge in [-0.3, -0.25) is 0 Å².